The van der Waals surface area contributed by atoms with Crippen molar-refractivity contribution in [3.05, 3.63) is 33.7 Å². The molecule has 0 aliphatic rings. The van der Waals surface area contributed by atoms with Gasteiger partial charge in [-0.25, -0.2) is 4.79 Å². The van der Waals surface area contributed by atoms with Gasteiger partial charge in [0.2, 0.25) is 0 Å². The largest absolute Gasteiger partial charge is 0.395 e. The maximum absolute atomic E-state index is 11.4. The molecule has 4 nitrogen and oxygen atoms in total. The van der Waals surface area contributed by atoms with Crippen LogP contribution in [0.2, 0.25) is 5.02 Å². The van der Waals surface area contributed by atoms with Crippen molar-refractivity contribution >= 4 is 22.6 Å². The summed E-state index contributed by atoms with van der Waals surface area (Å²) in [6.07, 6.45) is 0. The highest BCUT2D eigenvalue weighted by Crippen LogP contribution is 2.16. The third-order valence-electron chi connectivity index (χ3n) is 2.06. The average molecular weight is 213 g/mol. The average Bonchev–Trinajstić information content (AvgIpc) is 2.45. The summed E-state index contributed by atoms with van der Waals surface area (Å²) in [5, 5.41) is 9.36. The van der Waals surface area contributed by atoms with Gasteiger partial charge in [-0.1, -0.05) is 11.6 Å². The van der Waals surface area contributed by atoms with Gasteiger partial charge in [0.05, 0.1) is 24.2 Å². The second-order valence-electron chi connectivity index (χ2n) is 2.97. The molecule has 0 aliphatic heterocycles. The van der Waals surface area contributed by atoms with E-state index >= 15 is 0 Å². The zero-order chi connectivity index (χ0) is 10.1. The molecule has 0 fully saturated rings. The van der Waals surface area contributed by atoms with E-state index in [0.717, 1.165) is 11.0 Å². The van der Waals surface area contributed by atoms with E-state index in [1.165, 1.54) is 4.57 Å². The summed E-state index contributed by atoms with van der Waals surface area (Å²) in [5.41, 5.74) is 1.22. The van der Waals surface area contributed by atoms with Crippen LogP contribution in [0.25, 0.3) is 11.0 Å². The second kappa shape index (κ2) is 3.48. The lowest BCUT2D eigenvalue weighted by atomic mass is 10.3. The summed E-state index contributed by atoms with van der Waals surface area (Å²) in [4.78, 5) is 14.1. The predicted molar refractivity (Wildman–Crippen MR) is 54.7 cm³/mol. The Hall–Kier alpha value is -1.26. The molecule has 0 aliphatic carbocycles. The topological polar surface area (TPSA) is 58.0 Å². The number of hydrogen-bond donors (Lipinski definition) is 2. The lowest BCUT2D eigenvalue weighted by Gasteiger charge is -1.99. The molecule has 0 saturated heterocycles. The van der Waals surface area contributed by atoms with Crippen LogP contribution in [0, 0.1) is 0 Å². The number of aromatic nitrogens is 2. The number of benzene rings is 1. The Balaban J connectivity index is 2.73. The Morgan fingerprint density at radius 2 is 2.29 bits per heavy atom. The number of H-pyrrole nitrogens is 1. The quantitative estimate of drug-likeness (QED) is 0.780. The van der Waals surface area contributed by atoms with Gasteiger partial charge in [0.15, 0.2) is 0 Å². The molecule has 0 radical (unpaired) electrons. The predicted octanol–water partition coefficient (Wildman–Crippen LogP) is 0.975. The fourth-order valence-corrected chi connectivity index (χ4v) is 1.61. The highest BCUT2D eigenvalue weighted by molar-refractivity contribution is 6.31. The van der Waals surface area contributed by atoms with Crippen molar-refractivity contribution in [1.82, 2.24) is 9.55 Å². The van der Waals surface area contributed by atoms with Gasteiger partial charge in [-0.15, -0.1) is 0 Å². The maximum atomic E-state index is 11.4. The van der Waals surface area contributed by atoms with Crippen LogP contribution in [0.1, 0.15) is 0 Å². The van der Waals surface area contributed by atoms with E-state index in [9.17, 15) is 4.79 Å². The molecule has 0 atom stereocenters. The van der Waals surface area contributed by atoms with Gasteiger partial charge in [-0.3, -0.25) is 4.57 Å². The van der Waals surface area contributed by atoms with Crippen LogP contribution in [-0.4, -0.2) is 21.3 Å². The number of aliphatic hydroxyl groups excluding tert-OH is 1. The molecule has 1 heterocycles. The van der Waals surface area contributed by atoms with Gasteiger partial charge in [0.25, 0.3) is 0 Å². The number of fused-ring (bicyclic) bond motifs is 1. The summed E-state index contributed by atoms with van der Waals surface area (Å²) in [7, 11) is 0. The van der Waals surface area contributed by atoms with Crippen LogP contribution in [0.15, 0.2) is 23.0 Å². The zero-order valence-corrected chi connectivity index (χ0v) is 8.08. The minimum atomic E-state index is -0.226. The van der Waals surface area contributed by atoms with E-state index in [2.05, 4.69) is 4.98 Å². The number of aromatic amines is 1. The van der Waals surface area contributed by atoms with Crippen LogP contribution in [0.3, 0.4) is 0 Å². The van der Waals surface area contributed by atoms with E-state index in [0.29, 0.717) is 5.02 Å². The number of nitrogens with zero attached hydrogens (tertiary/aromatic N) is 1. The number of halogens is 1. The first-order chi connectivity index (χ1) is 6.72. The molecule has 0 unspecified atom stereocenters. The Morgan fingerprint density at radius 1 is 1.50 bits per heavy atom. The highest BCUT2D eigenvalue weighted by Gasteiger charge is 2.05. The van der Waals surface area contributed by atoms with Crippen molar-refractivity contribution in [1.29, 1.82) is 0 Å². The van der Waals surface area contributed by atoms with Gasteiger partial charge in [-0.05, 0) is 18.2 Å². The van der Waals surface area contributed by atoms with Crippen molar-refractivity contribution in [3.63, 3.8) is 0 Å². The number of rotatable bonds is 2. The molecular weight excluding hydrogens is 204 g/mol. The first-order valence-corrected chi connectivity index (χ1v) is 4.59. The number of nitrogens with one attached hydrogen (secondary N) is 1. The summed E-state index contributed by atoms with van der Waals surface area (Å²) in [6, 6.07) is 5.15. The van der Waals surface area contributed by atoms with Gasteiger partial charge >= 0.3 is 5.69 Å². The Kier molecular flexibility index (Phi) is 2.31. The molecule has 0 spiro atoms. The standard InChI is InChI=1S/C9H9ClN2O2/c10-6-1-2-7-8(5-6)12(3-4-13)9(14)11-7/h1-2,5,13H,3-4H2,(H,11,14). The molecule has 5 heteroatoms. The third-order valence-corrected chi connectivity index (χ3v) is 2.30. The molecule has 0 bridgehead atoms. The van der Waals surface area contributed by atoms with E-state index in [1.54, 1.807) is 18.2 Å². The summed E-state index contributed by atoms with van der Waals surface area (Å²) in [6.45, 7) is 0.207. The van der Waals surface area contributed by atoms with Crippen molar-refractivity contribution in [2.75, 3.05) is 6.61 Å². The fourth-order valence-electron chi connectivity index (χ4n) is 1.45. The van der Waals surface area contributed by atoms with Crippen LogP contribution in [0.5, 0.6) is 0 Å². The molecule has 2 rings (SSSR count). The minimum absolute atomic E-state index is 0.0701. The lowest BCUT2D eigenvalue weighted by molar-refractivity contribution is 0.276. The Morgan fingerprint density at radius 3 is 3.00 bits per heavy atom. The van der Waals surface area contributed by atoms with Crippen LogP contribution in [-0.2, 0) is 6.54 Å². The maximum Gasteiger partial charge on any atom is 0.326 e. The first-order valence-electron chi connectivity index (χ1n) is 4.21. The molecule has 2 N–H and O–H groups in total. The molecule has 1 aromatic carbocycles. The van der Waals surface area contributed by atoms with Gasteiger partial charge in [0, 0.05) is 5.02 Å². The lowest BCUT2D eigenvalue weighted by Crippen LogP contribution is -2.18. The first kappa shape index (κ1) is 9.30. The molecule has 2 aromatic rings. The normalized spacial score (nSPS) is 11.0. The van der Waals surface area contributed by atoms with Crippen molar-refractivity contribution < 1.29 is 5.11 Å². The number of aliphatic hydroxyl groups is 1. The third kappa shape index (κ3) is 1.42. The van der Waals surface area contributed by atoms with Crippen molar-refractivity contribution in [3.8, 4) is 0 Å². The monoisotopic (exact) mass is 212 g/mol. The number of hydrogen-bond acceptors (Lipinski definition) is 2. The van der Waals surface area contributed by atoms with E-state index in [1.807, 2.05) is 0 Å². The van der Waals surface area contributed by atoms with Crippen molar-refractivity contribution in [2.24, 2.45) is 0 Å². The van der Waals surface area contributed by atoms with E-state index in [-0.39, 0.29) is 18.8 Å². The van der Waals surface area contributed by atoms with Crippen LogP contribution in [0.4, 0.5) is 0 Å². The smallest absolute Gasteiger partial charge is 0.326 e. The van der Waals surface area contributed by atoms with Crippen LogP contribution >= 0.6 is 11.6 Å². The van der Waals surface area contributed by atoms with E-state index in [4.69, 9.17) is 16.7 Å². The summed E-state index contributed by atoms with van der Waals surface area (Å²) in [5.74, 6) is 0. The molecule has 74 valence electrons. The molecule has 0 saturated carbocycles. The van der Waals surface area contributed by atoms with Gasteiger partial charge in [0.1, 0.15) is 0 Å². The summed E-state index contributed by atoms with van der Waals surface area (Å²) >= 11 is 5.81. The summed E-state index contributed by atoms with van der Waals surface area (Å²) < 4.78 is 1.46. The molecular formula is C9H9ClN2O2. The molecule has 1 aromatic heterocycles. The SMILES string of the molecule is O=c1[nH]c2ccc(Cl)cc2n1CCO. The minimum Gasteiger partial charge on any atom is -0.395 e. The number of imidazole rings is 1. The van der Waals surface area contributed by atoms with Gasteiger partial charge < -0.3 is 10.1 Å². The fraction of sp³-hybridized carbons (Fsp3) is 0.222. The molecule has 0 amide bonds. The van der Waals surface area contributed by atoms with E-state index < -0.39 is 0 Å². The van der Waals surface area contributed by atoms with Crippen LogP contribution < -0.4 is 5.69 Å². The zero-order valence-electron chi connectivity index (χ0n) is 7.33. The Bertz CT molecular complexity index is 515. The second-order valence-corrected chi connectivity index (χ2v) is 3.40. The molecule has 14 heavy (non-hydrogen) atoms. The van der Waals surface area contributed by atoms with Gasteiger partial charge in [-0.2, -0.15) is 0 Å². The van der Waals surface area contributed by atoms with Crippen molar-refractivity contribution in [2.45, 2.75) is 6.54 Å². The Labute approximate surface area is 84.7 Å². The highest BCUT2D eigenvalue weighted by atomic mass is 35.5.